The van der Waals surface area contributed by atoms with E-state index in [9.17, 15) is 9.90 Å². The summed E-state index contributed by atoms with van der Waals surface area (Å²) in [5.74, 6) is -0.251. The second-order valence-electron chi connectivity index (χ2n) is 4.75. The van der Waals surface area contributed by atoms with Crippen molar-refractivity contribution in [2.24, 2.45) is 0 Å². The van der Waals surface area contributed by atoms with Crippen LogP contribution in [0.3, 0.4) is 0 Å². The third kappa shape index (κ3) is 2.24. The van der Waals surface area contributed by atoms with Gasteiger partial charge in [-0.1, -0.05) is 60.7 Å². The van der Waals surface area contributed by atoms with E-state index in [1.165, 1.54) is 0 Å². The zero-order valence-corrected chi connectivity index (χ0v) is 10.9. The number of para-hydroxylation sites is 1. The lowest BCUT2D eigenvalue weighted by atomic mass is 9.95. The van der Waals surface area contributed by atoms with Crippen molar-refractivity contribution in [3.8, 4) is 0 Å². The lowest BCUT2D eigenvalue weighted by molar-refractivity contribution is -0.135. The zero-order chi connectivity index (χ0) is 13.9. The molecule has 3 heteroatoms. The number of hydrogen-bond donors (Lipinski definition) is 1. The van der Waals surface area contributed by atoms with Gasteiger partial charge in [0.15, 0.2) is 6.10 Å². The third-order valence-electron chi connectivity index (χ3n) is 3.43. The molecule has 1 aliphatic rings. The van der Waals surface area contributed by atoms with Crippen LogP contribution in [0.1, 0.15) is 5.56 Å². The number of benzene rings is 2. The maximum atomic E-state index is 11.8. The van der Waals surface area contributed by atoms with Crippen LogP contribution in [0.15, 0.2) is 66.7 Å². The van der Waals surface area contributed by atoms with Crippen molar-refractivity contribution in [3.63, 3.8) is 0 Å². The first kappa shape index (κ1) is 12.6. The van der Waals surface area contributed by atoms with E-state index in [2.05, 4.69) is 0 Å². The SMILES string of the molecule is O=C1[C@@H](O)[C@@H](/C=C/c2ccccc2)N1c1ccccc1. The number of carbonyl (C=O) groups is 1. The van der Waals surface area contributed by atoms with E-state index in [0.29, 0.717) is 0 Å². The van der Waals surface area contributed by atoms with Crippen LogP contribution in [-0.4, -0.2) is 23.2 Å². The Labute approximate surface area is 117 Å². The van der Waals surface area contributed by atoms with E-state index in [1.807, 2.05) is 72.8 Å². The van der Waals surface area contributed by atoms with Crippen LogP contribution in [-0.2, 0) is 4.79 Å². The summed E-state index contributed by atoms with van der Waals surface area (Å²) in [5.41, 5.74) is 1.86. The molecule has 2 atom stereocenters. The smallest absolute Gasteiger partial charge is 0.258 e. The predicted molar refractivity (Wildman–Crippen MR) is 79.2 cm³/mol. The molecule has 1 heterocycles. The molecule has 0 aromatic heterocycles. The minimum Gasteiger partial charge on any atom is -0.381 e. The second-order valence-corrected chi connectivity index (χ2v) is 4.75. The Morgan fingerprint density at radius 2 is 1.55 bits per heavy atom. The van der Waals surface area contributed by atoms with Gasteiger partial charge in [-0.05, 0) is 17.7 Å². The van der Waals surface area contributed by atoms with Crippen LogP contribution in [0, 0.1) is 0 Å². The molecule has 1 fully saturated rings. The Hall–Kier alpha value is -2.39. The summed E-state index contributed by atoms with van der Waals surface area (Å²) in [6.45, 7) is 0. The monoisotopic (exact) mass is 265 g/mol. The van der Waals surface area contributed by atoms with E-state index in [-0.39, 0.29) is 11.9 Å². The molecule has 1 N–H and O–H groups in total. The molecule has 0 bridgehead atoms. The van der Waals surface area contributed by atoms with E-state index >= 15 is 0 Å². The highest BCUT2D eigenvalue weighted by Gasteiger charge is 2.45. The third-order valence-corrected chi connectivity index (χ3v) is 3.43. The van der Waals surface area contributed by atoms with Crippen LogP contribution in [0.5, 0.6) is 0 Å². The van der Waals surface area contributed by atoms with E-state index < -0.39 is 6.10 Å². The number of aliphatic hydroxyl groups excluding tert-OH is 1. The molecular weight excluding hydrogens is 250 g/mol. The number of amides is 1. The van der Waals surface area contributed by atoms with Gasteiger partial charge in [-0.15, -0.1) is 0 Å². The predicted octanol–water partition coefficient (Wildman–Crippen LogP) is 2.48. The van der Waals surface area contributed by atoms with Gasteiger partial charge in [0, 0.05) is 5.69 Å². The number of nitrogens with zero attached hydrogens (tertiary/aromatic N) is 1. The van der Waals surface area contributed by atoms with E-state index in [4.69, 9.17) is 0 Å². The number of aliphatic hydroxyl groups is 1. The molecule has 20 heavy (non-hydrogen) atoms. The molecule has 0 spiro atoms. The summed E-state index contributed by atoms with van der Waals surface area (Å²) in [5, 5.41) is 9.84. The standard InChI is InChI=1S/C17H15NO2/c19-16-15(12-11-13-7-3-1-4-8-13)18(17(16)20)14-9-5-2-6-10-14/h1-12,15-16,19H/b12-11+/t15-,16+/m1/s1. The minimum absolute atomic E-state index is 0.251. The fraction of sp³-hybridized carbons (Fsp3) is 0.118. The molecule has 0 saturated carbocycles. The van der Waals surface area contributed by atoms with Gasteiger partial charge in [-0.25, -0.2) is 0 Å². The molecule has 1 saturated heterocycles. The van der Waals surface area contributed by atoms with Gasteiger partial charge in [0.25, 0.3) is 5.91 Å². The summed E-state index contributed by atoms with van der Waals surface area (Å²) in [4.78, 5) is 13.4. The van der Waals surface area contributed by atoms with Crippen molar-refractivity contribution in [2.75, 3.05) is 4.90 Å². The molecule has 0 aliphatic carbocycles. The van der Waals surface area contributed by atoms with Crippen LogP contribution in [0.4, 0.5) is 5.69 Å². The van der Waals surface area contributed by atoms with Gasteiger partial charge in [-0.2, -0.15) is 0 Å². The molecule has 100 valence electrons. The molecular formula is C17H15NO2. The maximum Gasteiger partial charge on any atom is 0.258 e. The van der Waals surface area contributed by atoms with Crippen molar-refractivity contribution < 1.29 is 9.90 Å². The van der Waals surface area contributed by atoms with Gasteiger partial charge < -0.3 is 10.0 Å². The van der Waals surface area contributed by atoms with Crippen molar-refractivity contribution in [1.29, 1.82) is 0 Å². The average Bonchev–Trinajstić information content (AvgIpc) is 2.52. The zero-order valence-electron chi connectivity index (χ0n) is 10.9. The number of anilines is 1. The summed E-state index contributed by atoms with van der Waals surface area (Å²) in [7, 11) is 0. The summed E-state index contributed by atoms with van der Waals surface area (Å²) in [6.07, 6.45) is 2.85. The number of hydrogen-bond acceptors (Lipinski definition) is 2. The first-order valence-corrected chi connectivity index (χ1v) is 6.57. The Kier molecular flexibility index (Phi) is 3.35. The lowest BCUT2D eigenvalue weighted by Gasteiger charge is -2.42. The second kappa shape index (κ2) is 5.31. The summed E-state index contributed by atoms with van der Waals surface area (Å²) in [6, 6.07) is 18.9. The quantitative estimate of drug-likeness (QED) is 0.866. The summed E-state index contributed by atoms with van der Waals surface area (Å²) < 4.78 is 0. The van der Waals surface area contributed by atoms with Crippen molar-refractivity contribution in [1.82, 2.24) is 0 Å². The minimum atomic E-state index is -0.949. The highest BCUT2D eigenvalue weighted by atomic mass is 16.3. The van der Waals surface area contributed by atoms with Crippen molar-refractivity contribution in [2.45, 2.75) is 12.1 Å². The normalized spacial score (nSPS) is 22.1. The molecule has 3 rings (SSSR count). The molecule has 3 nitrogen and oxygen atoms in total. The van der Waals surface area contributed by atoms with Crippen LogP contribution in [0.25, 0.3) is 6.08 Å². The van der Waals surface area contributed by atoms with E-state index in [0.717, 1.165) is 11.3 Å². The Bertz CT molecular complexity index is 622. The van der Waals surface area contributed by atoms with Gasteiger partial charge in [0.2, 0.25) is 0 Å². The van der Waals surface area contributed by atoms with Gasteiger partial charge >= 0.3 is 0 Å². The molecule has 1 amide bonds. The van der Waals surface area contributed by atoms with Crippen LogP contribution >= 0.6 is 0 Å². The summed E-state index contributed by atoms with van der Waals surface area (Å²) >= 11 is 0. The average molecular weight is 265 g/mol. The largest absolute Gasteiger partial charge is 0.381 e. The Morgan fingerprint density at radius 3 is 2.20 bits per heavy atom. The molecule has 0 unspecified atom stereocenters. The lowest BCUT2D eigenvalue weighted by Crippen LogP contribution is -2.64. The van der Waals surface area contributed by atoms with Gasteiger partial charge in [-0.3, -0.25) is 4.79 Å². The number of β-lactam (4-membered cyclic amide) rings is 1. The number of rotatable bonds is 3. The Morgan fingerprint density at radius 1 is 0.950 bits per heavy atom. The molecule has 1 aliphatic heterocycles. The van der Waals surface area contributed by atoms with E-state index in [1.54, 1.807) is 4.90 Å². The van der Waals surface area contributed by atoms with Gasteiger partial charge in [0.05, 0.1) is 6.04 Å². The Balaban J connectivity index is 1.82. The fourth-order valence-corrected chi connectivity index (χ4v) is 2.35. The molecule has 0 radical (unpaired) electrons. The van der Waals surface area contributed by atoms with Gasteiger partial charge in [0.1, 0.15) is 0 Å². The highest BCUT2D eigenvalue weighted by Crippen LogP contribution is 2.29. The number of carbonyl (C=O) groups excluding carboxylic acids is 1. The van der Waals surface area contributed by atoms with Crippen molar-refractivity contribution >= 4 is 17.7 Å². The first-order valence-electron chi connectivity index (χ1n) is 6.57. The van der Waals surface area contributed by atoms with Crippen LogP contribution in [0.2, 0.25) is 0 Å². The fourth-order valence-electron chi connectivity index (χ4n) is 2.35. The first-order chi connectivity index (χ1) is 9.77. The molecule has 2 aromatic rings. The molecule has 2 aromatic carbocycles. The maximum absolute atomic E-state index is 11.8. The topological polar surface area (TPSA) is 40.5 Å². The van der Waals surface area contributed by atoms with Crippen molar-refractivity contribution in [3.05, 3.63) is 72.3 Å². The highest BCUT2D eigenvalue weighted by molar-refractivity contribution is 6.05. The van der Waals surface area contributed by atoms with Crippen LogP contribution < -0.4 is 4.90 Å².